The summed E-state index contributed by atoms with van der Waals surface area (Å²) < 4.78 is 0. The van der Waals surface area contributed by atoms with Crippen LogP contribution in [0.2, 0.25) is 0 Å². The summed E-state index contributed by atoms with van der Waals surface area (Å²) in [4.78, 5) is 0.539. The smallest absolute Gasteiger partial charge is 0.106 e. The molecule has 0 aliphatic carbocycles. The molecule has 2 N–H and O–H groups in total. The molecule has 0 fully saturated rings. The lowest BCUT2D eigenvalue weighted by molar-refractivity contribution is 0.186. The molecular formula is C9H19NOS. The van der Waals surface area contributed by atoms with Crippen LogP contribution in [0.1, 0.15) is 34.6 Å². The predicted octanol–water partition coefficient (Wildman–Crippen LogP) is 1.72. The number of hydrogen-bond donors (Lipinski definition) is 2. The molecule has 2 nitrogen and oxygen atoms in total. The second-order valence-corrected chi connectivity index (χ2v) is 4.87. The summed E-state index contributed by atoms with van der Waals surface area (Å²) in [6, 6.07) is 0. The van der Waals surface area contributed by atoms with E-state index in [1.807, 2.05) is 34.6 Å². The third-order valence-corrected chi connectivity index (χ3v) is 1.74. The third-order valence-electron chi connectivity index (χ3n) is 1.40. The van der Waals surface area contributed by atoms with Gasteiger partial charge in [-0.1, -0.05) is 26.1 Å². The highest BCUT2D eigenvalue weighted by Crippen LogP contribution is 2.06. The van der Waals surface area contributed by atoms with E-state index in [0.717, 1.165) is 0 Å². The lowest BCUT2D eigenvalue weighted by Crippen LogP contribution is -2.46. The zero-order chi connectivity index (χ0) is 9.94. The van der Waals surface area contributed by atoms with E-state index < -0.39 is 6.10 Å². The highest BCUT2D eigenvalue weighted by molar-refractivity contribution is 7.80. The van der Waals surface area contributed by atoms with Crippen LogP contribution in [0, 0.1) is 5.92 Å². The van der Waals surface area contributed by atoms with Gasteiger partial charge < -0.3 is 10.4 Å². The first-order chi connectivity index (χ1) is 5.24. The normalized spacial score (nSPS) is 14.6. The van der Waals surface area contributed by atoms with Crippen molar-refractivity contribution in [3.05, 3.63) is 0 Å². The summed E-state index contributed by atoms with van der Waals surface area (Å²) in [5, 5.41) is 12.6. The van der Waals surface area contributed by atoms with Crippen LogP contribution in [0.4, 0.5) is 0 Å². The molecule has 0 heterocycles. The minimum Gasteiger partial charge on any atom is -0.386 e. The first kappa shape index (κ1) is 11.8. The summed E-state index contributed by atoms with van der Waals surface area (Å²) in [5.41, 5.74) is -0.0625. The fourth-order valence-corrected chi connectivity index (χ4v) is 1.32. The molecule has 1 atom stereocenters. The monoisotopic (exact) mass is 189 g/mol. The Labute approximate surface area is 80.4 Å². The highest BCUT2D eigenvalue weighted by atomic mass is 32.1. The van der Waals surface area contributed by atoms with Crippen LogP contribution in [0.3, 0.4) is 0 Å². The molecule has 0 aliphatic rings. The Balaban J connectivity index is 4.05. The molecule has 72 valence electrons. The van der Waals surface area contributed by atoms with E-state index in [9.17, 15) is 5.11 Å². The summed E-state index contributed by atoms with van der Waals surface area (Å²) in [5.74, 6) is 0.173. The van der Waals surface area contributed by atoms with Crippen LogP contribution in [0.15, 0.2) is 0 Å². The Hall–Kier alpha value is -0.150. The molecular weight excluding hydrogens is 170 g/mol. The van der Waals surface area contributed by atoms with Crippen molar-refractivity contribution in [3.63, 3.8) is 0 Å². The number of aliphatic hydroxyl groups excluding tert-OH is 1. The molecule has 0 radical (unpaired) electrons. The van der Waals surface area contributed by atoms with Crippen LogP contribution in [-0.4, -0.2) is 21.7 Å². The van der Waals surface area contributed by atoms with Crippen LogP contribution in [-0.2, 0) is 0 Å². The lowest BCUT2D eigenvalue weighted by atomic mass is 10.0. The molecule has 0 aromatic carbocycles. The van der Waals surface area contributed by atoms with E-state index in [4.69, 9.17) is 12.2 Å². The second kappa shape index (κ2) is 4.19. The topological polar surface area (TPSA) is 32.3 Å². The van der Waals surface area contributed by atoms with Gasteiger partial charge in [-0.25, -0.2) is 0 Å². The number of aliphatic hydroxyl groups is 1. The van der Waals surface area contributed by atoms with Gasteiger partial charge in [0.1, 0.15) is 11.1 Å². The molecule has 0 aliphatic heterocycles. The molecule has 0 aromatic heterocycles. The molecule has 12 heavy (non-hydrogen) atoms. The first-order valence-corrected chi connectivity index (χ1v) is 4.65. The molecule has 0 spiro atoms. The van der Waals surface area contributed by atoms with Gasteiger partial charge in [0.2, 0.25) is 0 Å². The van der Waals surface area contributed by atoms with Gasteiger partial charge in [0, 0.05) is 5.54 Å². The van der Waals surface area contributed by atoms with Gasteiger partial charge in [-0.05, 0) is 26.7 Å². The predicted molar refractivity (Wildman–Crippen MR) is 56.3 cm³/mol. The van der Waals surface area contributed by atoms with E-state index >= 15 is 0 Å². The Kier molecular flexibility index (Phi) is 4.14. The fourth-order valence-electron chi connectivity index (χ4n) is 0.746. The summed E-state index contributed by atoms with van der Waals surface area (Å²) in [6.45, 7) is 9.95. The number of hydrogen-bond acceptors (Lipinski definition) is 2. The Morgan fingerprint density at radius 3 is 2.00 bits per heavy atom. The van der Waals surface area contributed by atoms with Gasteiger partial charge in [0.05, 0.1) is 0 Å². The van der Waals surface area contributed by atoms with Crippen LogP contribution < -0.4 is 5.32 Å². The molecule has 0 unspecified atom stereocenters. The van der Waals surface area contributed by atoms with Gasteiger partial charge in [-0.15, -0.1) is 0 Å². The van der Waals surface area contributed by atoms with Crippen molar-refractivity contribution >= 4 is 17.2 Å². The van der Waals surface area contributed by atoms with Gasteiger partial charge in [0.25, 0.3) is 0 Å². The van der Waals surface area contributed by atoms with Crippen molar-refractivity contribution in [1.29, 1.82) is 0 Å². The maximum Gasteiger partial charge on any atom is 0.106 e. The average Bonchev–Trinajstić information content (AvgIpc) is 1.82. The largest absolute Gasteiger partial charge is 0.386 e. The standard InChI is InChI=1S/C9H19NOS/c1-6(2)7(11)8(12)10-9(3,4)5/h6-7,11H,1-5H3,(H,10,12)/t7-/m0/s1. The maximum atomic E-state index is 9.55. The Bertz CT molecular complexity index is 160. The second-order valence-electron chi connectivity index (χ2n) is 4.43. The van der Waals surface area contributed by atoms with E-state index in [-0.39, 0.29) is 11.5 Å². The summed E-state index contributed by atoms with van der Waals surface area (Å²) >= 11 is 5.04. The Morgan fingerprint density at radius 1 is 1.33 bits per heavy atom. The van der Waals surface area contributed by atoms with Gasteiger partial charge in [-0.2, -0.15) is 0 Å². The minimum atomic E-state index is -0.528. The van der Waals surface area contributed by atoms with E-state index in [1.165, 1.54) is 0 Å². The zero-order valence-corrected chi connectivity index (χ0v) is 9.33. The van der Waals surface area contributed by atoms with Gasteiger partial charge in [-0.3, -0.25) is 0 Å². The number of thiocarbonyl (C=S) groups is 1. The number of nitrogens with one attached hydrogen (secondary N) is 1. The van der Waals surface area contributed by atoms with Gasteiger partial charge in [0.15, 0.2) is 0 Å². The lowest BCUT2D eigenvalue weighted by Gasteiger charge is -2.26. The molecule has 3 heteroatoms. The van der Waals surface area contributed by atoms with Crippen molar-refractivity contribution in [2.75, 3.05) is 0 Å². The third kappa shape index (κ3) is 4.67. The summed E-state index contributed by atoms with van der Waals surface area (Å²) in [6.07, 6.45) is -0.528. The summed E-state index contributed by atoms with van der Waals surface area (Å²) in [7, 11) is 0. The SMILES string of the molecule is CC(C)[C@H](O)C(=S)NC(C)(C)C. The minimum absolute atomic E-state index is 0.0625. The quantitative estimate of drug-likeness (QED) is 0.649. The van der Waals surface area contributed by atoms with E-state index in [2.05, 4.69) is 5.32 Å². The van der Waals surface area contributed by atoms with Crippen LogP contribution in [0.5, 0.6) is 0 Å². The maximum absolute atomic E-state index is 9.55. The van der Waals surface area contributed by atoms with Crippen LogP contribution >= 0.6 is 12.2 Å². The van der Waals surface area contributed by atoms with Crippen molar-refractivity contribution in [3.8, 4) is 0 Å². The molecule has 0 amide bonds. The molecule has 0 saturated heterocycles. The molecule has 0 bridgehead atoms. The Morgan fingerprint density at radius 2 is 1.75 bits per heavy atom. The molecule has 0 aromatic rings. The van der Waals surface area contributed by atoms with Gasteiger partial charge >= 0.3 is 0 Å². The number of rotatable bonds is 2. The average molecular weight is 189 g/mol. The van der Waals surface area contributed by atoms with E-state index in [0.29, 0.717) is 4.99 Å². The first-order valence-electron chi connectivity index (χ1n) is 4.24. The van der Waals surface area contributed by atoms with Crippen molar-refractivity contribution in [1.82, 2.24) is 5.32 Å². The molecule has 0 saturated carbocycles. The fraction of sp³-hybridized carbons (Fsp3) is 0.889. The molecule has 0 rings (SSSR count). The van der Waals surface area contributed by atoms with Crippen molar-refractivity contribution in [2.45, 2.75) is 46.3 Å². The van der Waals surface area contributed by atoms with Crippen LogP contribution in [0.25, 0.3) is 0 Å². The highest BCUT2D eigenvalue weighted by Gasteiger charge is 2.19. The van der Waals surface area contributed by atoms with Crippen molar-refractivity contribution in [2.24, 2.45) is 5.92 Å². The zero-order valence-electron chi connectivity index (χ0n) is 8.51. The van der Waals surface area contributed by atoms with E-state index in [1.54, 1.807) is 0 Å². The van der Waals surface area contributed by atoms with Crippen molar-refractivity contribution < 1.29 is 5.11 Å².